The molecule has 1 N–H and O–H groups in total. The van der Waals surface area contributed by atoms with Crippen molar-refractivity contribution in [3.05, 3.63) is 76.1 Å². The maximum atomic E-state index is 13.1. The average molecular weight is 464 g/mol. The van der Waals surface area contributed by atoms with E-state index in [1.165, 1.54) is 48.3 Å². The monoisotopic (exact) mass is 463 g/mol. The fourth-order valence-corrected chi connectivity index (χ4v) is 3.56. The summed E-state index contributed by atoms with van der Waals surface area (Å²) in [6.45, 7) is 0. The summed E-state index contributed by atoms with van der Waals surface area (Å²) in [6.07, 6.45) is -1.55. The number of nitrogens with zero attached hydrogens (tertiary/aromatic N) is 2. The van der Waals surface area contributed by atoms with Crippen molar-refractivity contribution in [1.82, 2.24) is 9.78 Å². The van der Waals surface area contributed by atoms with Crippen LogP contribution in [0.3, 0.4) is 0 Å². The number of carbonyl (C=O) groups excluding carboxylic acids is 2. The summed E-state index contributed by atoms with van der Waals surface area (Å²) in [5, 5.41) is 7.06. The number of benzene rings is 2. The second-order valence-corrected chi connectivity index (χ2v) is 7.73. The fourth-order valence-electron chi connectivity index (χ4n) is 3.37. The molecular formula is C22H17ClF3N3O3. The van der Waals surface area contributed by atoms with Crippen LogP contribution in [0.2, 0.25) is 5.02 Å². The highest BCUT2D eigenvalue weighted by Crippen LogP contribution is 2.43. The largest absolute Gasteiger partial charge is 0.465 e. The average Bonchev–Trinajstić information content (AvgIpc) is 3.51. The maximum Gasteiger partial charge on any atom is 0.416 e. The molecule has 1 amide bonds. The highest BCUT2D eigenvalue weighted by Gasteiger charge is 2.34. The van der Waals surface area contributed by atoms with E-state index in [0.717, 1.165) is 25.0 Å². The van der Waals surface area contributed by atoms with Gasteiger partial charge >= 0.3 is 12.1 Å². The number of hydrogen-bond donors (Lipinski definition) is 1. The number of halogens is 4. The Balaban J connectivity index is 1.67. The van der Waals surface area contributed by atoms with Crippen molar-refractivity contribution in [3.8, 4) is 5.69 Å². The molecule has 0 unspecified atom stereocenters. The number of carbonyl (C=O) groups is 2. The third-order valence-corrected chi connectivity index (χ3v) is 5.39. The number of aromatic nitrogens is 2. The highest BCUT2D eigenvalue weighted by atomic mass is 35.5. The molecule has 3 aromatic rings. The van der Waals surface area contributed by atoms with E-state index >= 15 is 0 Å². The van der Waals surface area contributed by atoms with Gasteiger partial charge in [-0.1, -0.05) is 17.7 Å². The zero-order valence-corrected chi connectivity index (χ0v) is 17.5. The Kier molecular flexibility index (Phi) is 5.68. The molecule has 6 nitrogen and oxygen atoms in total. The molecule has 0 spiro atoms. The molecule has 1 aliphatic rings. The second-order valence-electron chi connectivity index (χ2n) is 7.32. The summed E-state index contributed by atoms with van der Waals surface area (Å²) in [4.78, 5) is 24.8. The van der Waals surface area contributed by atoms with E-state index in [1.807, 2.05) is 0 Å². The number of methoxy groups -OCH3 is 1. The van der Waals surface area contributed by atoms with Crippen molar-refractivity contribution in [2.75, 3.05) is 12.4 Å². The van der Waals surface area contributed by atoms with Crippen molar-refractivity contribution in [3.63, 3.8) is 0 Å². The second kappa shape index (κ2) is 8.31. The summed E-state index contributed by atoms with van der Waals surface area (Å²) in [5.41, 5.74) is 0.626. The van der Waals surface area contributed by atoms with Gasteiger partial charge in [-0.05, 0) is 49.2 Å². The molecule has 4 rings (SSSR count). The van der Waals surface area contributed by atoms with Crippen LogP contribution < -0.4 is 5.32 Å². The molecule has 10 heteroatoms. The molecule has 1 heterocycles. The topological polar surface area (TPSA) is 73.2 Å². The van der Waals surface area contributed by atoms with Gasteiger partial charge in [0.05, 0.1) is 46.4 Å². The van der Waals surface area contributed by atoms with Crippen molar-refractivity contribution in [2.45, 2.75) is 24.9 Å². The first-order valence-electron chi connectivity index (χ1n) is 9.64. The lowest BCUT2D eigenvalue weighted by atomic mass is 10.1. The van der Waals surface area contributed by atoms with E-state index < -0.39 is 23.6 Å². The van der Waals surface area contributed by atoms with Crippen LogP contribution in [0, 0.1) is 0 Å². The molecule has 1 fully saturated rings. The summed E-state index contributed by atoms with van der Waals surface area (Å²) < 4.78 is 45.5. The van der Waals surface area contributed by atoms with Crippen molar-refractivity contribution in [2.24, 2.45) is 0 Å². The van der Waals surface area contributed by atoms with Crippen LogP contribution in [0.15, 0.2) is 48.7 Å². The molecule has 1 aromatic heterocycles. The van der Waals surface area contributed by atoms with Gasteiger partial charge in [-0.2, -0.15) is 18.3 Å². The molecule has 0 saturated heterocycles. The Morgan fingerprint density at radius 2 is 1.91 bits per heavy atom. The SMILES string of the molecule is COC(=O)c1cc(NC(=O)c2cnn(-c3cccc(C(F)(F)F)c3)c2C2CC2)ccc1Cl. The third-order valence-electron chi connectivity index (χ3n) is 5.06. The van der Waals surface area contributed by atoms with Gasteiger partial charge in [0.1, 0.15) is 0 Å². The molecule has 166 valence electrons. The number of hydrogen-bond acceptors (Lipinski definition) is 4. The van der Waals surface area contributed by atoms with E-state index in [-0.39, 0.29) is 27.8 Å². The van der Waals surface area contributed by atoms with Crippen LogP contribution in [0.5, 0.6) is 0 Å². The Labute approximate surface area is 185 Å². The quantitative estimate of drug-likeness (QED) is 0.510. The van der Waals surface area contributed by atoms with Crippen molar-refractivity contribution in [1.29, 1.82) is 0 Å². The fraction of sp³-hybridized carbons (Fsp3) is 0.227. The normalized spacial score (nSPS) is 13.7. The van der Waals surface area contributed by atoms with Crippen LogP contribution in [-0.4, -0.2) is 28.8 Å². The number of amides is 1. The predicted octanol–water partition coefficient (Wildman–Crippen LogP) is 5.46. The van der Waals surface area contributed by atoms with E-state index in [4.69, 9.17) is 11.6 Å². The molecule has 0 radical (unpaired) electrons. The number of anilines is 1. The van der Waals surface area contributed by atoms with Gasteiger partial charge in [0.25, 0.3) is 5.91 Å². The minimum Gasteiger partial charge on any atom is -0.465 e. The van der Waals surface area contributed by atoms with Gasteiger partial charge in [-0.25, -0.2) is 9.48 Å². The Hall–Kier alpha value is -3.33. The molecule has 0 atom stereocenters. The summed E-state index contributed by atoms with van der Waals surface area (Å²) in [6, 6.07) is 9.17. The minimum atomic E-state index is -4.49. The molecule has 1 aliphatic carbocycles. The van der Waals surface area contributed by atoms with Gasteiger partial charge < -0.3 is 10.1 Å². The molecule has 0 aliphatic heterocycles. The standard InChI is InChI=1S/C22H17ClF3N3O3/c1-32-21(31)16-10-14(7-8-18(16)23)28-20(30)17-11-27-29(19(17)12-5-6-12)15-4-2-3-13(9-15)22(24,25)26/h2-4,7-12H,5-6H2,1H3,(H,28,30). The number of rotatable bonds is 5. The van der Waals surface area contributed by atoms with Crippen molar-refractivity contribution < 1.29 is 27.5 Å². The first kappa shape index (κ1) is 21.9. The smallest absolute Gasteiger partial charge is 0.416 e. The van der Waals surface area contributed by atoms with Crippen LogP contribution in [-0.2, 0) is 10.9 Å². The van der Waals surface area contributed by atoms with Gasteiger partial charge in [0, 0.05) is 11.6 Å². The predicted molar refractivity (Wildman–Crippen MR) is 111 cm³/mol. The van der Waals surface area contributed by atoms with Crippen LogP contribution in [0.1, 0.15) is 50.7 Å². The van der Waals surface area contributed by atoms with Gasteiger partial charge in [-0.15, -0.1) is 0 Å². The zero-order valence-electron chi connectivity index (χ0n) is 16.7. The number of nitrogens with one attached hydrogen (secondary N) is 1. The zero-order chi connectivity index (χ0) is 23.0. The Morgan fingerprint density at radius 3 is 2.56 bits per heavy atom. The van der Waals surface area contributed by atoms with Crippen molar-refractivity contribution >= 4 is 29.2 Å². The number of esters is 1. The molecular weight excluding hydrogens is 447 g/mol. The van der Waals surface area contributed by atoms with Gasteiger partial charge in [-0.3, -0.25) is 4.79 Å². The highest BCUT2D eigenvalue weighted by molar-refractivity contribution is 6.33. The number of alkyl halides is 3. The van der Waals surface area contributed by atoms with Crippen LogP contribution >= 0.6 is 11.6 Å². The summed E-state index contributed by atoms with van der Waals surface area (Å²) in [5.74, 6) is -1.13. The molecule has 2 aromatic carbocycles. The lowest BCUT2D eigenvalue weighted by Crippen LogP contribution is -2.15. The molecule has 32 heavy (non-hydrogen) atoms. The summed E-state index contributed by atoms with van der Waals surface area (Å²) in [7, 11) is 1.22. The third kappa shape index (κ3) is 4.34. The van der Waals surface area contributed by atoms with E-state index in [0.29, 0.717) is 11.4 Å². The Bertz CT molecular complexity index is 1200. The molecule has 1 saturated carbocycles. The first-order chi connectivity index (χ1) is 15.2. The van der Waals surface area contributed by atoms with Gasteiger partial charge in [0.2, 0.25) is 0 Å². The molecule has 0 bridgehead atoms. The van der Waals surface area contributed by atoms with Crippen LogP contribution in [0.4, 0.5) is 18.9 Å². The lowest BCUT2D eigenvalue weighted by molar-refractivity contribution is -0.137. The van der Waals surface area contributed by atoms with E-state index in [9.17, 15) is 22.8 Å². The first-order valence-corrected chi connectivity index (χ1v) is 10.0. The van der Waals surface area contributed by atoms with E-state index in [1.54, 1.807) is 0 Å². The van der Waals surface area contributed by atoms with Crippen LogP contribution in [0.25, 0.3) is 5.69 Å². The van der Waals surface area contributed by atoms with Gasteiger partial charge in [0.15, 0.2) is 0 Å². The number of ether oxygens (including phenoxy) is 1. The minimum absolute atomic E-state index is 0.0173. The maximum absolute atomic E-state index is 13.1. The Morgan fingerprint density at radius 1 is 1.16 bits per heavy atom. The lowest BCUT2D eigenvalue weighted by Gasteiger charge is -2.12. The van der Waals surface area contributed by atoms with E-state index in [2.05, 4.69) is 15.2 Å². The summed E-state index contributed by atoms with van der Waals surface area (Å²) >= 11 is 6.01.